The van der Waals surface area contributed by atoms with Gasteiger partial charge in [-0.25, -0.2) is 0 Å². The first-order chi connectivity index (χ1) is 7.13. The highest BCUT2D eigenvalue weighted by molar-refractivity contribution is 7.80. The molecule has 0 fully saturated rings. The highest BCUT2D eigenvalue weighted by Gasteiger charge is 2.04. The predicted molar refractivity (Wildman–Crippen MR) is 70.1 cm³/mol. The highest BCUT2D eigenvalue weighted by atomic mass is 35.5. The number of halogens is 1. The average molecular weight is 265 g/mol. The van der Waals surface area contributed by atoms with Gasteiger partial charge >= 0.3 is 0 Å². The fourth-order valence-corrected chi connectivity index (χ4v) is 1.80. The molecule has 7 heteroatoms. The van der Waals surface area contributed by atoms with E-state index in [9.17, 15) is 0 Å². The summed E-state index contributed by atoms with van der Waals surface area (Å²) in [6, 6.07) is 1.85. The molecule has 0 aliphatic rings. The van der Waals surface area contributed by atoms with E-state index in [1.54, 1.807) is 7.05 Å². The van der Waals surface area contributed by atoms with Crippen molar-refractivity contribution in [2.24, 2.45) is 0 Å². The summed E-state index contributed by atoms with van der Waals surface area (Å²) in [5.74, 6) is 0.891. The number of anilines is 1. The van der Waals surface area contributed by atoms with Gasteiger partial charge in [-0.15, -0.1) is 0 Å². The summed E-state index contributed by atoms with van der Waals surface area (Å²) < 4.78 is 4.90. The fraction of sp³-hybridized carbons (Fsp3) is 0.500. The van der Waals surface area contributed by atoms with Crippen molar-refractivity contribution in [2.45, 2.75) is 0 Å². The van der Waals surface area contributed by atoms with Crippen molar-refractivity contribution < 1.29 is 0 Å². The Balaban J connectivity index is 2.30. The third kappa shape index (κ3) is 4.19. The Labute approximate surface area is 104 Å². The molecule has 0 radical (unpaired) electrons. The molecule has 0 spiro atoms. The van der Waals surface area contributed by atoms with Gasteiger partial charge in [-0.1, -0.05) is 11.6 Å². The van der Waals surface area contributed by atoms with Crippen LogP contribution in [0.3, 0.4) is 0 Å². The lowest BCUT2D eigenvalue weighted by Crippen LogP contribution is -2.37. The molecule has 0 saturated carbocycles. The van der Waals surface area contributed by atoms with E-state index in [2.05, 4.69) is 15.0 Å². The largest absolute Gasteiger partial charge is 0.366 e. The molecule has 0 saturated heterocycles. The van der Waals surface area contributed by atoms with E-state index in [1.165, 1.54) is 11.5 Å². The van der Waals surface area contributed by atoms with Gasteiger partial charge in [0.25, 0.3) is 0 Å². The topological polar surface area (TPSA) is 40.2 Å². The highest BCUT2D eigenvalue weighted by Crippen LogP contribution is 2.21. The first-order valence-electron chi connectivity index (χ1n) is 4.42. The normalized spacial score (nSPS) is 9.80. The maximum atomic E-state index is 5.79. The van der Waals surface area contributed by atoms with Crippen LogP contribution < -0.4 is 15.5 Å². The van der Waals surface area contributed by atoms with Crippen molar-refractivity contribution in [3.8, 4) is 0 Å². The number of hydrogen-bond acceptors (Lipinski definition) is 4. The quantitative estimate of drug-likeness (QED) is 0.803. The Kier molecular flexibility index (Phi) is 5.07. The standard InChI is InChI=1S/C8H13ClN4S2/c1-10-8(14)11-3-4-13(2)7-5-6(9)15-12-7/h5H,3-4H2,1-2H3,(H2,10,11,14). The molecule has 1 aromatic heterocycles. The van der Waals surface area contributed by atoms with Gasteiger partial charge in [-0.3, -0.25) is 0 Å². The van der Waals surface area contributed by atoms with E-state index in [1.807, 2.05) is 18.0 Å². The van der Waals surface area contributed by atoms with Crippen LogP contribution in [-0.4, -0.2) is 36.7 Å². The molecule has 0 bridgehead atoms. The van der Waals surface area contributed by atoms with Gasteiger partial charge in [-0.2, -0.15) is 4.37 Å². The lowest BCUT2D eigenvalue weighted by molar-refractivity contribution is 0.808. The molecule has 1 aromatic rings. The summed E-state index contributed by atoms with van der Waals surface area (Å²) in [7, 11) is 3.76. The molecule has 1 heterocycles. The second-order valence-corrected chi connectivity index (χ2v) is 4.76. The van der Waals surface area contributed by atoms with Gasteiger partial charge in [-0.05, 0) is 23.8 Å². The van der Waals surface area contributed by atoms with E-state index in [0.717, 1.165) is 18.9 Å². The van der Waals surface area contributed by atoms with E-state index in [4.69, 9.17) is 23.8 Å². The van der Waals surface area contributed by atoms with Crippen LogP contribution in [0.25, 0.3) is 0 Å². The molecule has 2 N–H and O–H groups in total. The van der Waals surface area contributed by atoms with Crippen LogP contribution in [0, 0.1) is 0 Å². The molecule has 1 rings (SSSR count). The van der Waals surface area contributed by atoms with Crippen LogP contribution >= 0.6 is 35.4 Å². The number of rotatable bonds is 4. The zero-order chi connectivity index (χ0) is 11.3. The van der Waals surface area contributed by atoms with Gasteiger partial charge in [0, 0.05) is 33.3 Å². The van der Waals surface area contributed by atoms with Gasteiger partial charge in [0.1, 0.15) is 10.2 Å². The number of likely N-dealkylation sites (N-methyl/N-ethyl adjacent to an activating group) is 1. The van der Waals surface area contributed by atoms with Gasteiger partial charge in [0.2, 0.25) is 0 Å². The molecular formula is C8H13ClN4S2. The SMILES string of the molecule is CNC(=S)NCCN(C)c1cc(Cl)sn1. The molecule has 0 amide bonds. The Morgan fingerprint density at radius 2 is 2.47 bits per heavy atom. The van der Waals surface area contributed by atoms with E-state index in [0.29, 0.717) is 9.45 Å². The summed E-state index contributed by atoms with van der Waals surface area (Å²) in [6.07, 6.45) is 0. The molecule has 4 nitrogen and oxygen atoms in total. The van der Waals surface area contributed by atoms with Crippen molar-refractivity contribution in [1.29, 1.82) is 0 Å². The maximum Gasteiger partial charge on any atom is 0.166 e. The van der Waals surface area contributed by atoms with Crippen molar-refractivity contribution in [1.82, 2.24) is 15.0 Å². The Morgan fingerprint density at radius 1 is 1.73 bits per heavy atom. The van der Waals surface area contributed by atoms with Gasteiger partial charge in [0.05, 0.1) is 0 Å². The summed E-state index contributed by atoms with van der Waals surface area (Å²) in [4.78, 5) is 2.02. The van der Waals surface area contributed by atoms with Crippen LogP contribution in [0.5, 0.6) is 0 Å². The van der Waals surface area contributed by atoms with E-state index < -0.39 is 0 Å². The Bertz CT molecular complexity index is 328. The van der Waals surface area contributed by atoms with Crippen molar-refractivity contribution in [3.05, 3.63) is 10.4 Å². The molecular weight excluding hydrogens is 252 g/mol. The van der Waals surface area contributed by atoms with Crippen LogP contribution in [0.15, 0.2) is 6.07 Å². The molecule has 15 heavy (non-hydrogen) atoms. The maximum absolute atomic E-state index is 5.79. The first-order valence-corrected chi connectivity index (χ1v) is 5.98. The number of nitrogens with one attached hydrogen (secondary N) is 2. The summed E-state index contributed by atoms with van der Waals surface area (Å²) >= 11 is 12.0. The number of hydrogen-bond donors (Lipinski definition) is 2. The van der Waals surface area contributed by atoms with Crippen LogP contribution in [0.2, 0.25) is 4.34 Å². The molecule has 0 atom stereocenters. The summed E-state index contributed by atoms with van der Waals surface area (Å²) in [5, 5.41) is 6.56. The molecule has 84 valence electrons. The zero-order valence-corrected chi connectivity index (χ0v) is 11.0. The monoisotopic (exact) mass is 264 g/mol. The lowest BCUT2D eigenvalue weighted by Gasteiger charge is -2.16. The number of thiocarbonyl (C=S) groups is 1. The van der Waals surface area contributed by atoms with Crippen molar-refractivity contribution >= 4 is 46.3 Å². The molecule has 0 aliphatic carbocycles. The lowest BCUT2D eigenvalue weighted by atomic mass is 10.5. The van der Waals surface area contributed by atoms with Crippen LogP contribution in [-0.2, 0) is 0 Å². The zero-order valence-electron chi connectivity index (χ0n) is 8.58. The minimum atomic E-state index is 0.653. The average Bonchev–Trinajstić information content (AvgIpc) is 2.64. The van der Waals surface area contributed by atoms with Crippen LogP contribution in [0.4, 0.5) is 5.82 Å². The van der Waals surface area contributed by atoms with E-state index >= 15 is 0 Å². The fourth-order valence-electron chi connectivity index (χ4n) is 0.965. The summed E-state index contributed by atoms with van der Waals surface area (Å²) in [6.45, 7) is 1.59. The Morgan fingerprint density at radius 3 is 3.00 bits per heavy atom. The molecule has 0 aliphatic heterocycles. The van der Waals surface area contributed by atoms with Crippen LogP contribution in [0.1, 0.15) is 0 Å². The van der Waals surface area contributed by atoms with Gasteiger partial charge < -0.3 is 15.5 Å². The molecule has 0 unspecified atom stereocenters. The molecule has 0 aromatic carbocycles. The third-order valence-electron chi connectivity index (χ3n) is 1.82. The summed E-state index contributed by atoms with van der Waals surface area (Å²) in [5.41, 5.74) is 0. The minimum absolute atomic E-state index is 0.653. The Hall–Kier alpha value is -0.590. The number of nitrogens with zero attached hydrogens (tertiary/aromatic N) is 2. The smallest absolute Gasteiger partial charge is 0.166 e. The predicted octanol–water partition coefficient (Wildman–Crippen LogP) is 1.33. The minimum Gasteiger partial charge on any atom is -0.366 e. The first kappa shape index (κ1) is 12.5. The third-order valence-corrected chi connectivity index (χ3v) is 3.06. The van der Waals surface area contributed by atoms with E-state index in [-0.39, 0.29) is 0 Å². The second-order valence-electron chi connectivity index (χ2n) is 2.92. The number of aromatic nitrogens is 1. The second kappa shape index (κ2) is 6.09. The van der Waals surface area contributed by atoms with Crippen molar-refractivity contribution in [3.63, 3.8) is 0 Å². The van der Waals surface area contributed by atoms with Gasteiger partial charge in [0.15, 0.2) is 5.11 Å². The van der Waals surface area contributed by atoms with Crippen molar-refractivity contribution in [2.75, 3.05) is 32.1 Å².